The Morgan fingerprint density at radius 3 is 2.89 bits per heavy atom. The van der Waals surface area contributed by atoms with E-state index in [9.17, 15) is 0 Å². The lowest BCUT2D eigenvalue weighted by Crippen LogP contribution is -2.42. The minimum absolute atomic E-state index is 0.158. The molecular weight excluding hydrogens is 376 g/mol. The van der Waals surface area contributed by atoms with E-state index in [1.165, 1.54) is 5.56 Å². The third kappa shape index (κ3) is 4.20. The molecule has 0 radical (unpaired) electrons. The normalized spacial score (nSPS) is 15.4. The lowest BCUT2D eigenvalue weighted by molar-refractivity contribution is 0.577. The Balaban J connectivity index is 1.26. The van der Waals surface area contributed by atoms with Gasteiger partial charge in [-0.3, -0.25) is 10.1 Å². The number of aliphatic imine (C=N–C) groups is 1. The van der Waals surface area contributed by atoms with Crippen molar-refractivity contribution in [3.63, 3.8) is 0 Å². The average Bonchev–Trinajstić information content (AvgIpc) is 3.08. The van der Waals surface area contributed by atoms with Crippen LogP contribution in [-0.4, -0.2) is 41.3 Å². The molecule has 7 nitrogen and oxygen atoms in total. The number of halogens is 1. The van der Waals surface area contributed by atoms with Crippen LogP contribution in [0.2, 0.25) is 5.02 Å². The van der Waals surface area contributed by atoms with E-state index in [4.69, 9.17) is 16.0 Å². The van der Waals surface area contributed by atoms with Crippen LogP contribution in [0.25, 0.3) is 11.6 Å². The summed E-state index contributed by atoms with van der Waals surface area (Å²) in [4.78, 5) is 8.76. The average molecular weight is 399 g/mol. The summed E-state index contributed by atoms with van der Waals surface area (Å²) in [7, 11) is 1.78. The second-order valence-electron chi connectivity index (χ2n) is 6.98. The summed E-state index contributed by atoms with van der Waals surface area (Å²) in [6.45, 7) is 1.52. The maximum Gasteiger partial charge on any atom is 0.216 e. The first-order chi connectivity index (χ1) is 13.7. The topological polar surface area (TPSA) is 91.1 Å². The summed E-state index contributed by atoms with van der Waals surface area (Å²) in [5.74, 6) is 2.80. The Kier molecular flexibility index (Phi) is 5.34. The minimum Gasteiger partial charge on any atom is -0.461 e. The molecule has 28 heavy (non-hydrogen) atoms. The summed E-state index contributed by atoms with van der Waals surface area (Å²) >= 11 is 6.15. The van der Waals surface area contributed by atoms with E-state index in [1.807, 2.05) is 24.3 Å². The molecule has 8 heteroatoms. The minimum atomic E-state index is 0.158. The van der Waals surface area contributed by atoms with Crippen LogP contribution in [0.5, 0.6) is 0 Å². The van der Waals surface area contributed by atoms with Gasteiger partial charge in [-0.2, -0.15) is 5.10 Å². The van der Waals surface area contributed by atoms with Crippen molar-refractivity contribution in [3.05, 3.63) is 59.1 Å². The standard InChI is InChI=1S/C20H23ClN6O/c1-22-19(24-13-20(8-9-20)14-4-2-5-15(21)12-14)23-10-7-17-25-18(27-26-17)16-6-3-11-28-16/h2-6,11-12H,7-10,13H2,1H3,(H2,22,23,24)(H,25,26,27). The molecule has 0 saturated heterocycles. The van der Waals surface area contributed by atoms with E-state index in [0.29, 0.717) is 24.6 Å². The van der Waals surface area contributed by atoms with E-state index in [1.54, 1.807) is 13.3 Å². The third-order valence-electron chi connectivity index (χ3n) is 5.04. The Labute approximate surface area is 168 Å². The summed E-state index contributed by atoms with van der Waals surface area (Å²) < 4.78 is 5.31. The number of rotatable bonds is 7. The van der Waals surface area contributed by atoms with E-state index in [0.717, 1.165) is 36.2 Å². The lowest BCUT2D eigenvalue weighted by atomic mass is 9.96. The number of guanidine groups is 1. The largest absolute Gasteiger partial charge is 0.461 e. The number of hydrogen-bond acceptors (Lipinski definition) is 4. The van der Waals surface area contributed by atoms with Gasteiger partial charge in [-0.1, -0.05) is 23.7 Å². The zero-order valence-corrected chi connectivity index (χ0v) is 16.5. The van der Waals surface area contributed by atoms with E-state index >= 15 is 0 Å². The van der Waals surface area contributed by atoms with Gasteiger partial charge in [-0.15, -0.1) is 0 Å². The van der Waals surface area contributed by atoms with Crippen molar-refractivity contribution < 1.29 is 4.42 Å². The van der Waals surface area contributed by atoms with Crippen molar-refractivity contribution in [1.82, 2.24) is 25.8 Å². The zero-order chi connectivity index (χ0) is 19.4. The molecule has 0 unspecified atom stereocenters. The van der Waals surface area contributed by atoms with Gasteiger partial charge in [-0.25, -0.2) is 4.98 Å². The first-order valence-electron chi connectivity index (χ1n) is 9.34. The number of nitrogens with zero attached hydrogens (tertiary/aromatic N) is 3. The molecule has 1 fully saturated rings. The molecule has 2 aromatic heterocycles. The summed E-state index contributed by atoms with van der Waals surface area (Å²) in [5, 5.41) is 14.7. The molecule has 1 saturated carbocycles. The number of H-pyrrole nitrogens is 1. The fourth-order valence-corrected chi connectivity index (χ4v) is 3.42. The first kappa shape index (κ1) is 18.6. The molecule has 0 amide bonds. The van der Waals surface area contributed by atoms with Crippen LogP contribution in [0, 0.1) is 0 Å². The molecule has 0 bridgehead atoms. The second kappa shape index (κ2) is 8.06. The maximum atomic E-state index is 6.15. The van der Waals surface area contributed by atoms with Crippen LogP contribution in [0.3, 0.4) is 0 Å². The van der Waals surface area contributed by atoms with Gasteiger partial charge in [0.05, 0.1) is 6.26 Å². The molecule has 1 aliphatic rings. The monoisotopic (exact) mass is 398 g/mol. The first-order valence-corrected chi connectivity index (χ1v) is 9.72. The number of aromatic nitrogens is 3. The van der Waals surface area contributed by atoms with Gasteiger partial charge in [0, 0.05) is 37.0 Å². The number of hydrogen-bond donors (Lipinski definition) is 3. The summed E-state index contributed by atoms with van der Waals surface area (Å²) in [6, 6.07) is 11.8. The van der Waals surface area contributed by atoms with Gasteiger partial charge < -0.3 is 15.1 Å². The number of nitrogens with one attached hydrogen (secondary N) is 3. The van der Waals surface area contributed by atoms with Crippen LogP contribution in [0.1, 0.15) is 24.2 Å². The van der Waals surface area contributed by atoms with E-state index < -0.39 is 0 Å². The predicted molar refractivity (Wildman–Crippen MR) is 110 cm³/mol. The van der Waals surface area contributed by atoms with Crippen molar-refractivity contribution in [2.75, 3.05) is 20.1 Å². The van der Waals surface area contributed by atoms with E-state index in [-0.39, 0.29) is 5.41 Å². The van der Waals surface area contributed by atoms with Crippen LogP contribution in [0.4, 0.5) is 0 Å². The van der Waals surface area contributed by atoms with Crippen LogP contribution in [-0.2, 0) is 11.8 Å². The smallest absolute Gasteiger partial charge is 0.216 e. The Hall–Kier alpha value is -2.80. The molecule has 1 aliphatic carbocycles. The maximum absolute atomic E-state index is 6.15. The SMILES string of the molecule is CN=C(NCCc1nc(-c2ccco2)n[nH]1)NCC1(c2cccc(Cl)c2)CC1. The zero-order valence-electron chi connectivity index (χ0n) is 15.7. The Morgan fingerprint density at radius 1 is 1.29 bits per heavy atom. The summed E-state index contributed by atoms with van der Waals surface area (Å²) in [6.07, 6.45) is 4.63. The van der Waals surface area contributed by atoms with E-state index in [2.05, 4.69) is 42.9 Å². The van der Waals surface area contributed by atoms with Crippen LogP contribution in [0.15, 0.2) is 52.1 Å². The number of benzene rings is 1. The fourth-order valence-electron chi connectivity index (χ4n) is 3.23. The molecule has 0 spiro atoms. The molecule has 0 aliphatic heterocycles. The summed E-state index contributed by atoms with van der Waals surface area (Å²) in [5.41, 5.74) is 1.45. The molecule has 2 heterocycles. The van der Waals surface area contributed by atoms with Crippen molar-refractivity contribution in [2.24, 2.45) is 4.99 Å². The van der Waals surface area contributed by atoms with Crippen molar-refractivity contribution >= 4 is 17.6 Å². The second-order valence-corrected chi connectivity index (χ2v) is 7.41. The van der Waals surface area contributed by atoms with Crippen molar-refractivity contribution in [2.45, 2.75) is 24.7 Å². The van der Waals surface area contributed by atoms with Crippen LogP contribution < -0.4 is 10.6 Å². The highest BCUT2D eigenvalue weighted by Gasteiger charge is 2.44. The van der Waals surface area contributed by atoms with Gasteiger partial charge in [0.25, 0.3) is 0 Å². The molecule has 1 aromatic carbocycles. The number of furan rings is 1. The molecule has 146 valence electrons. The highest BCUT2D eigenvalue weighted by Crippen LogP contribution is 2.48. The Morgan fingerprint density at radius 2 is 2.18 bits per heavy atom. The molecule has 0 atom stereocenters. The fraction of sp³-hybridized carbons (Fsp3) is 0.350. The van der Waals surface area contributed by atoms with Gasteiger partial charge >= 0.3 is 0 Å². The molecular formula is C20H23ClN6O. The number of aromatic amines is 1. The lowest BCUT2D eigenvalue weighted by Gasteiger charge is -2.19. The highest BCUT2D eigenvalue weighted by atomic mass is 35.5. The van der Waals surface area contributed by atoms with Gasteiger partial charge in [0.15, 0.2) is 11.7 Å². The van der Waals surface area contributed by atoms with Crippen molar-refractivity contribution in [3.8, 4) is 11.6 Å². The van der Waals surface area contributed by atoms with Crippen molar-refractivity contribution in [1.29, 1.82) is 0 Å². The Bertz CT molecular complexity index is 945. The van der Waals surface area contributed by atoms with Crippen LogP contribution >= 0.6 is 11.6 Å². The quantitative estimate of drug-likeness (QED) is 0.420. The third-order valence-corrected chi connectivity index (χ3v) is 5.27. The van der Waals surface area contributed by atoms with Gasteiger partial charge in [0.1, 0.15) is 5.82 Å². The predicted octanol–water partition coefficient (Wildman–Crippen LogP) is 3.16. The molecule has 3 aromatic rings. The van der Waals surface area contributed by atoms with Gasteiger partial charge in [-0.05, 0) is 42.7 Å². The molecule has 3 N–H and O–H groups in total. The highest BCUT2D eigenvalue weighted by molar-refractivity contribution is 6.30. The van der Waals surface area contributed by atoms with Gasteiger partial charge in [0.2, 0.25) is 5.82 Å². The molecule has 4 rings (SSSR count).